The Morgan fingerprint density at radius 2 is 1.65 bits per heavy atom. The Labute approximate surface area is 99.1 Å². The van der Waals surface area contributed by atoms with Gasteiger partial charge in [0.15, 0.2) is 0 Å². The van der Waals surface area contributed by atoms with Crippen LogP contribution in [-0.2, 0) is 0 Å². The van der Waals surface area contributed by atoms with Crippen molar-refractivity contribution in [3.63, 3.8) is 0 Å². The van der Waals surface area contributed by atoms with Crippen LogP contribution in [0.15, 0.2) is 54.9 Å². The molecule has 0 saturated carbocycles. The zero-order valence-electron chi connectivity index (χ0n) is 9.18. The molecule has 0 amide bonds. The Hall–Kier alpha value is -2.00. The van der Waals surface area contributed by atoms with E-state index in [4.69, 9.17) is 5.11 Å². The van der Waals surface area contributed by atoms with Crippen molar-refractivity contribution in [3.8, 4) is 11.1 Å². The molecule has 1 aromatic carbocycles. The summed E-state index contributed by atoms with van der Waals surface area (Å²) in [6.45, 7) is -0.294. The molecule has 2 rings (SSSR count). The van der Waals surface area contributed by atoms with Gasteiger partial charge in [0.05, 0.1) is 6.61 Å². The van der Waals surface area contributed by atoms with Crippen LogP contribution in [0.5, 0.6) is 0 Å². The third kappa shape index (κ3) is 2.77. The number of hydrogen-bond donors (Lipinski definition) is 1. The largest absolute Gasteiger partial charge is 0.392 e. The first-order valence-electron chi connectivity index (χ1n) is 5.28. The zero-order valence-corrected chi connectivity index (χ0v) is 9.18. The summed E-state index contributed by atoms with van der Waals surface area (Å²) in [6.07, 6.45) is 4.58. The van der Waals surface area contributed by atoms with E-state index in [9.17, 15) is 4.39 Å². The molecule has 2 aromatic rings. The molecule has 2 nitrogen and oxygen atoms in total. The molecule has 0 radical (unpaired) electrons. The first-order valence-corrected chi connectivity index (χ1v) is 5.28. The number of benzene rings is 1. The Kier molecular flexibility index (Phi) is 3.62. The minimum Gasteiger partial charge on any atom is -0.392 e. The number of aliphatic hydroxyl groups is 1. The molecule has 0 aliphatic rings. The van der Waals surface area contributed by atoms with Crippen molar-refractivity contribution in [2.45, 2.75) is 0 Å². The van der Waals surface area contributed by atoms with Gasteiger partial charge in [-0.1, -0.05) is 24.3 Å². The van der Waals surface area contributed by atoms with Gasteiger partial charge in [-0.3, -0.25) is 4.98 Å². The second-order valence-corrected chi connectivity index (χ2v) is 3.55. The Morgan fingerprint density at radius 3 is 2.24 bits per heavy atom. The van der Waals surface area contributed by atoms with E-state index < -0.39 is 5.83 Å². The van der Waals surface area contributed by atoms with Gasteiger partial charge in [-0.05, 0) is 29.3 Å². The van der Waals surface area contributed by atoms with Gasteiger partial charge in [-0.15, -0.1) is 0 Å². The predicted octanol–water partition coefficient (Wildman–Crippen LogP) is 3.05. The van der Waals surface area contributed by atoms with E-state index in [1.165, 1.54) is 0 Å². The molecule has 0 atom stereocenters. The van der Waals surface area contributed by atoms with Crippen LogP contribution >= 0.6 is 0 Å². The molecular formula is C14H12FNO. The third-order valence-corrected chi connectivity index (χ3v) is 2.44. The molecule has 3 heteroatoms. The highest BCUT2D eigenvalue weighted by Gasteiger charge is 2.01. The lowest BCUT2D eigenvalue weighted by molar-refractivity contribution is 0.342. The van der Waals surface area contributed by atoms with Crippen LogP contribution in [0.1, 0.15) is 5.56 Å². The number of nitrogens with zero attached hydrogens (tertiary/aromatic N) is 1. The van der Waals surface area contributed by atoms with Crippen molar-refractivity contribution < 1.29 is 9.50 Å². The molecule has 1 aromatic heterocycles. The van der Waals surface area contributed by atoms with E-state index in [0.29, 0.717) is 5.56 Å². The van der Waals surface area contributed by atoms with Crippen molar-refractivity contribution in [2.24, 2.45) is 0 Å². The number of aromatic nitrogens is 1. The summed E-state index contributed by atoms with van der Waals surface area (Å²) in [5.41, 5.74) is 2.52. The van der Waals surface area contributed by atoms with Crippen LogP contribution in [0.3, 0.4) is 0 Å². The van der Waals surface area contributed by atoms with Crippen LogP contribution in [-0.4, -0.2) is 16.7 Å². The highest BCUT2D eigenvalue weighted by Crippen LogP contribution is 2.22. The topological polar surface area (TPSA) is 33.1 Å². The second kappa shape index (κ2) is 5.37. The summed E-state index contributed by atoms with van der Waals surface area (Å²) in [7, 11) is 0. The van der Waals surface area contributed by atoms with Crippen LogP contribution in [0.4, 0.5) is 4.39 Å². The molecule has 0 aliphatic heterocycles. The van der Waals surface area contributed by atoms with Crippen molar-refractivity contribution in [2.75, 3.05) is 6.61 Å². The summed E-state index contributed by atoms with van der Waals surface area (Å²) in [4.78, 5) is 3.94. The third-order valence-electron chi connectivity index (χ3n) is 2.44. The minimum atomic E-state index is -0.409. The van der Waals surface area contributed by atoms with E-state index >= 15 is 0 Å². The minimum absolute atomic E-state index is 0.294. The van der Waals surface area contributed by atoms with Crippen molar-refractivity contribution in [3.05, 3.63) is 60.4 Å². The van der Waals surface area contributed by atoms with E-state index in [-0.39, 0.29) is 6.61 Å². The first-order chi connectivity index (χ1) is 8.31. The zero-order chi connectivity index (χ0) is 12.1. The summed E-state index contributed by atoms with van der Waals surface area (Å²) in [5.74, 6) is -0.409. The summed E-state index contributed by atoms with van der Waals surface area (Å²) in [5, 5.41) is 8.61. The average Bonchev–Trinajstić information content (AvgIpc) is 2.40. The standard InChI is InChI=1S/C14H12FNO/c15-14(7-10-17)13-3-1-11(2-4-13)12-5-8-16-9-6-12/h1-9,17H,10H2/b14-7+. The molecule has 0 unspecified atom stereocenters. The number of rotatable bonds is 3. The van der Waals surface area contributed by atoms with Gasteiger partial charge < -0.3 is 5.11 Å². The number of aliphatic hydroxyl groups excluding tert-OH is 1. The fourth-order valence-corrected chi connectivity index (χ4v) is 1.56. The van der Waals surface area contributed by atoms with Crippen LogP contribution in [0.2, 0.25) is 0 Å². The van der Waals surface area contributed by atoms with E-state index in [2.05, 4.69) is 4.98 Å². The molecule has 0 fully saturated rings. The normalized spacial score (nSPS) is 11.5. The predicted molar refractivity (Wildman–Crippen MR) is 65.8 cm³/mol. The van der Waals surface area contributed by atoms with Crippen molar-refractivity contribution in [1.82, 2.24) is 4.98 Å². The van der Waals surface area contributed by atoms with Crippen molar-refractivity contribution in [1.29, 1.82) is 0 Å². The van der Waals surface area contributed by atoms with Gasteiger partial charge in [0.1, 0.15) is 5.83 Å². The average molecular weight is 229 g/mol. The second-order valence-electron chi connectivity index (χ2n) is 3.55. The fraction of sp³-hybridized carbons (Fsp3) is 0.0714. The van der Waals surface area contributed by atoms with E-state index in [0.717, 1.165) is 17.2 Å². The summed E-state index contributed by atoms with van der Waals surface area (Å²) < 4.78 is 13.4. The SMILES string of the molecule is OC/C=C(/F)c1ccc(-c2ccncc2)cc1. The molecule has 0 bridgehead atoms. The summed E-state index contributed by atoms with van der Waals surface area (Å²) >= 11 is 0. The van der Waals surface area contributed by atoms with Gasteiger partial charge in [0.2, 0.25) is 0 Å². The lowest BCUT2D eigenvalue weighted by Gasteiger charge is -2.02. The molecule has 17 heavy (non-hydrogen) atoms. The lowest BCUT2D eigenvalue weighted by atomic mass is 10.0. The Bertz CT molecular complexity index is 506. The van der Waals surface area contributed by atoms with Gasteiger partial charge >= 0.3 is 0 Å². The monoisotopic (exact) mass is 229 g/mol. The van der Waals surface area contributed by atoms with Crippen LogP contribution in [0, 0.1) is 0 Å². The summed E-state index contributed by atoms with van der Waals surface area (Å²) in [6, 6.07) is 10.9. The van der Waals surface area contributed by atoms with Gasteiger partial charge in [0.25, 0.3) is 0 Å². The van der Waals surface area contributed by atoms with Crippen LogP contribution < -0.4 is 0 Å². The Balaban J connectivity index is 2.28. The molecule has 0 aliphatic carbocycles. The molecule has 1 N–H and O–H groups in total. The maximum Gasteiger partial charge on any atom is 0.128 e. The molecule has 0 spiro atoms. The van der Waals surface area contributed by atoms with Gasteiger partial charge in [0, 0.05) is 18.0 Å². The molecule has 0 saturated heterocycles. The molecule has 86 valence electrons. The number of hydrogen-bond acceptors (Lipinski definition) is 2. The first kappa shape index (κ1) is 11.5. The molecular weight excluding hydrogens is 217 g/mol. The van der Waals surface area contributed by atoms with Gasteiger partial charge in [-0.2, -0.15) is 0 Å². The Morgan fingerprint density at radius 1 is 1.06 bits per heavy atom. The number of halogens is 1. The smallest absolute Gasteiger partial charge is 0.128 e. The number of pyridine rings is 1. The highest BCUT2D eigenvalue weighted by molar-refractivity contribution is 5.67. The lowest BCUT2D eigenvalue weighted by Crippen LogP contribution is -1.83. The maximum absolute atomic E-state index is 13.4. The van der Waals surface area contributed by atoms with Crippen molar-refractivity contribution >= 4 is 5.83 Å². The van der Waals surface area contributed by atoms with Gasteiger partial charge in [-0.25, -0.2) is 4.39 Å². The maximum atomic E-state index is 13.4. The highest BCUT2D eigenvalue weighted by atomic mass is 19.1. The quantitative estimate of drug-likeness (QED) is 0.877. The molecule has 1 heterocycles. The van der Waals surface area contributed by atoms with E-state index in [1.54, 1.807) is 24.5 Å². The van der Waals surface area contributed by atoms with Crippen LogP contribution in [0.25, 0.3) is 17.0 Å². The van der Waals surface area contributed by atoms with E-state index in [1.807, 2.05) is 24.3 Å². The fourth-order valence-electron chi connectivity index (χ4n) is 1.56.